The van der Waals surface area contributed by atoms with Crippen molar-refractivity contribution >= 4 is 17.9 Å². The Balaban J connectivity index is 1.74. The highest BCUT2D eigenvalue weighted by Crippen LogP contribution is 2.23. The Kier molecular flexibility index (Phi) is 4.38. The molecule has 0 saturated heterocycles. The molecule has 23 heavy (non-hydrogen) atoms. The van der Waals surface area contributed by atoms with Crippen LogP contribution in [0.1, 0.15) is 5.56 Å². The van der Waals surface area contributed by atoms with E-state index in [1.54, 1.807) is 13.2 Å². The van der Waals surface area contributed by atoms with Crippen LogP contribution in [0.2, 0.25) is 0 Å². The van der Waals surface area contributed by atoms with Crippen LogP contribution in [-0.4, -0.2) is 25.6 Å². The van der Waals surface area contributed by atoms with Crippen molar-refractivity contribution in [3.05, 3.63) is 65.9 Å². The third-order valence-corrected chi connectivity index (χ3v) is 3.20. The van der Waals surface area contributed by atoms with Gasteiger partial charge in [-0.05, 0) is 24.3 Å². The van der Waals surface area contributed by atoms with Crippen molar-refractivity contribution in [2.75, 3.05) is 13.7 Å². The molecule has 0 fully saturated rings. The van der Waals surface area contributed by atoms with Gasteiger partial charge in [0, 0.05) is 5.56 Å². The second-order valence-electron chi connectivity index (χ2n) is 4.77. The third kappa shape index (κ3) is 3.58. The lowest BCUT2D eigenvalue weighted by Crippen LogP contribution is -2.13. The van der Waals surface area contributed by atoms with E-state index in [9.17, 15) is 4.79 Å². The average Bonchev–Trinajstić information content (AvgIpc) is 2.94. The van der Waals surface area contributed by atoms with Gasteiger partial charge in [-0.3, -0.25) is 0 Å². The van der Waals surface area contributed by atoms with E-state index >= 15 is 0 Å². The van der Waals surface area contributed by atoms with Crippen LogP contribution in [0.25, 0.3) is 6.08 Å². The third-order valence-electron chi connectivity index (χ3n) is 3.20. The maximum Gasteiger partial charge on any atom is 0.363 e. The number of aliphatic imine (C=N–C) groups is 1. The van der Waals surface area contributed by atoms with Crippen LogP contribution in [0.3, 0.4) is 0 Å². The molecule has 3 rings (SSSR count). The number of hydrogen-bond donors (Lipinski definition) is 0. The van der Waals surface area contributed by atoms with E-state index in [2.05, 4.69) is 4.99 Å². The number of rotatable bonds is 5. The van der Waals surface area contributed by atoms with E-state index in [1.165, 1.54) is 0 Å². The van der Waals surface area contributed by atoms with Crippen LogP contribution in [0.15, 0.2) is 65.3 Å². The molecule has 5 nitrogen and oxygen atoms in total. The predicted octanol–water partition coefficient (Wildman–Crippen LogP) is 3.07. The lowest BCUT2D eigenvalue weighted by atomic mass is 10.1. The summed E-state index contributed by atoms with van der Waals surface area (Å²) in [4.78, 5) is 16.1. The summed E-state index contributed by atoms with van der Waals surface area (Å²) >= 11 is 0. The Hall–Kier alpha value is -3.08. The Morgan fingerprint density at radius 1 is 1.09 bits per heavy atom. The zero-order valence-corrected chi connectivity index (χ0v) is 12.6. The summed E-state index contributed by atoms with van der Waals surface area (Å²) in [6.07, 6.45) is 1.64. The van der Waals surface area contributed by atoms with Crippen molar-refractivity contribution in [2.24, 2.45) is 4.99 Å². The monoisotopic (exact) mass is 309 g/mol. The number of ether oxygens (including phenoxy) is 3. The Bertz CT molecular complexity index is 766. The van der Waals surface area contributed by atoms with Crippen molar-refractivity contribution < 1.29 is 19.0 Å². The van der Waals surface area contributed by atoms with Gasteiger partial charge in [0.25, 0.3) is 0 Å². The summed E-state index contributed by atoms with van der Waals surface area (Å²) in [7, 11) is 1.58. The zero-order chi connectivity index (χ0) is 16.1. The molecule has 2 aromatic carbocycles. The maximum absolute atomic E-state index is 11.9. The largest absolute Gasteiger partial charge is 0.496 e. The van der Waals surface area contributed by atoms with Crippen LogP contribution in [0.4, 0.5) is 0 Å². The van der Waals surface area contributed by atoms with E-state index in [1.807, 2.05) is 54.6 Å². The van der Waals surface area contributed by atoms with Gasteiger partial charge in [-0.15, -0.1) is 0 Å². The molecule has 0 amide bonds. The fraction of sp³-hybridized carbons (Fsp3) is 0.111. The molecule has 0 radical (unpaired) electrons. The number of carbonyl (C=O) groups excluding carboxylic acids is 1. The first-order chi connectivity index (χ1) is 11.3. The topological polar surface area (TPSA) is 57.1 Å². The summed E-state index contributed by atoms with van der Waals surface area (Å²) in [5, 5.41) is 0. The first kappa shape index (κ1) is 14.8. The number of carbonyl (C=O) groups is 1. The summed E-state index contributed by atoms with van der Waals surface area (Å²) < 4.78 is 15.9. The lowest BCUT2D eigenvalue weighted by molar-refractivity contribution is -0.130. The second kappa shape index (κ2) is 6.79. The number of para-hydroxylation sites is 2. The first-order valence-corrected chi connectivity index (χ1v) is 7.08. The van der Waals surface area contributed by atoms with Gasteiger partial charge in [0.2, 0.25) is 5.90 Å². The summed E-state index contributed by atoms with van der Waals surface area (Å²) in [5.74, 6) is 1.09. The quantitative estimate of drug-likeness (QED) is 0.629. The van der Waals surface area contributed by atoms with Gasteiger partial charge in [0.1, 0.15) is 11.5 Å². The van der Waals surface area contributed by atoms with Crippen LogP contribution in [-0.2, 0) is 9.53 Å². The molecule has 0 saturated carbocycles. The minimum Gasteiger partial charge on any atom is -0.496 e. The van der Waals surface area contributed by atoms with E-state index in [4.69, 9.17) is 14.2 Å². The molecule has 0 unspecified atom stereocenters. The molecule has 1 heterocycles. The molecule has 0 aliphatic carbocycles. The van der Waals surface area contributed by atoms with E-state index in [0.717, 1.165) is 5.56 Å². The molecule has 2 aromatic rings. The number of nitrogens with zero attached hydrogens (tertiary/aromatic N) is 1. The van der Waals surface area contributed by atoms with Gasteiger partial charge < -0.3 is 14.2 Å². The van der Waals surface area contributed by atoms with Gasteiger partial charge in [0.15, 0.2) is 12.3 Å². The Morgan fingerprint density at radius 3 is 2.61 bits per heavy atom. The molecule has 0 N–H and O–H groups in total. The molecular weight excluding hydrogens is 294 g/mol. The van der Waals surface area contributed by atoms with Gasteiger partial charge >= 0.3 is 5.97 Å². The van der Waals surface area contributed by atoms with Crippen LogP contribution in [0.5, 0.6) is 11.5 Å². The van der Waals surface area contributed by atoms with Gasteiger partial charge in [-0.2, -0.15) is 0 Å². The minimum absolute atomic E-state index is 0.0962. The predicted molar refractivity (Wildman–Crippen MR) is 86.4 cm³/mol. The SMILES string of the molecule is COc1ccccc1/C=C1\N=C(COc2ccccc2)OC1=O. The smallest absolute Gasteiger partial charge is 0.363 e. The number of esters is 1. The van der Waals surface area contributed by atoms with Gasteiger partial charge in [-0.25, -0.2) is 9.79 Å². The zero-order valence-electron chi connectivity index (χ0n) is 12.6. The van der Waals surface area contributed by atoms with Crippen LogP contribution < -0.4 is 9.47 Å². The Morgan fingerprint density at radius 2 is 1.83 bits per heavy atom. The fourth-order valence-electron chi connectivity index (χ4n) is 2.11. The molecule has 0 spiro atoms. The van der Waals surface area contributed by atoms with Crippen molar-refractivity contribution in [3.8, 4) is 11.5 Å². The highest BCUT2D eigenvalue weighted by molar-refractivity contribution is 6.07. The number of benzene rings is 2. The van der Waals surface area contributed by atoms with Crippen molar-refractivity contribution in [3.63, 3.8) is 0 Å². The van der Waals surface area contributed by atoms with Gasteiger partial charge in [-0.1, -0.05) is 36.4 Å². The Labute approximate surface area is 133 Å². The molecule has 116 valence electrons. The minimum atomic E-state index is -0.498. The molecule has 1 aliphatic rings. The molecule has 0 atom stereocenters. The highest BCUT2D eigenvalue weighted by atomic mass is 16.6. The summed E-state index contributed by atoms with van der Waals surface area (Å²) in [6, 6.07) is 16.6. The molecule has 0 aromatic heterocycles. The molecule has 0 bridgehead atoms. The molecule has 1 aliphatic heterocycles. The van der Waals surface area contributed by atoms with Crippen molar-refractivity contribution in [2.45, 2.75) is 0 Å². The van der Waals surface area contributed by atoms with E-state index in [0.29, 0.717) is 11.5 Å². The number of methoxy groups -OCH3 is 1. The van der Waals surface area contributed by atoms with E-state index < -0.39 is 5.97 Å². The normalized spacial score (nSPS) is 15.3. The van der Waals surface area contributed by atoms with Crippen LogP contribution in [0, 0.1) is 0 Å². The summed E-state index contributed by atoms with van der Waals surface area (Å²) in [5.41, 5.74) is 0.983. The number of cyclic esters (lactones) is 1. The van der Waals surface area contributed by atoms with Crippen molar-refractivity contribution in [1.82, 2.24) is 0 Å². The summed E-state index contributed by atoms with van der Waals surface area (Å²) in [6.45, 7) is 0.0962. The first-order valence-electron chi connectivity index (χ1n) is 7.08. The highest BCUT2D eigenvalue weighted by Gasteiger charge is 2.23. The fourth-order valence-corrected chi connectivity index (χ4v) is 2.11. The average molecular weight is 309 g/mol. The standard InChI is InChI=1S/C18H15NO4/c1-21-16-10-6-5-7-13(16)11-15-18(20)23-17(19-15)12-22-14-8-3-2-4-9-14/h2-11H,12H2,1H3/b15-11-. The maximum atomic E-state index is 11.9. The number of hydrogen-bond acceptors (Lipinski definition) is 5. The molecule has 5 heteroatoms. The van der Waals surface area contributed by atoms with Crippen LogP contribution >= 0.6 is 0 Å². The second-order valence-corrected chi connectivity index (χ2v) is 4.77. The molecular formula is C18H15NO4. The van der Waals surface area contributed by atoms with Crippen molar-refractivity contribution in [1.29, 1.82) is 0 Å². The lowest BCUT2D eigenvalue weighted by Gasteiger charge is -2.03. The van der Waals surface area contributed by atoms with E-state index in [-0.39, 0.29) is 18.2 Å². The van der Waals surface area contributed by atoms with Gasteiger partial charge in [0.05, 0.1) is 7.11 Å².